The smallest absolute Gasteiger partial charge is 0.160 e. The van der Waals surface area contributed by atoms with Crippen molar-refractivity contribution in [2.24, 2.45) is 0 Å². The molecule has 1 aliphatic heterocycles. The minimum Gasteiger partial charge on any atom is -0.228 e. The first-order valence-corrected chi connectivity index (χ1v) is 26.6. The molecule has 0 radical (unpaired) electrons. The third kappa shape index (κ3) is 6.54. The van der Waals surface area contributed by atoms with E-state index in [0.717, 1.165) is 39.2 Å². The van der Waals surface area contributed by atoms with Gasteiger partial charge in [-0.25, -0.2) is 9.97 Å². The summed E-state index contributed by atoms with van der Waals surface area (Å²) in [6, 6.07) is 103. The molecule has 15 rings (SSSR count). The zero-order valence-corrected chi connectivity index (χ0v) is 41.7. The molecule has 12 aromatic rings. The Bertz CT molecular complexity index is 3980. The fourth-order valence-corrected chi connectivity index (χ4v) is 14.1. The molecule has 75 heavy (non-hydrogen) atoms. The van der Waals surface area contributed by atoms with Gasteiger partial charge in [-0.2, -0.15) is 0 Å². The second-order valence-corrected chi connectivity index (χ2v) is 21.0. The van der Waals surface area contributed by atoms with Crippen LogP contribution in [0.15, 0.2) is 289 Å². The Morgan fingerprint density at radius 2 is 0.587 bits per heavy atom. The van der Waals surface area contributed by atoms with Crippen molar-refractivity contribution in [1.82, 2.24) is 9.97 Å². The summed E-state index contributed by atoms with van der Waals surface area (Å²) < 4.78 is 0. The lowest BCUT2D eigenvalue weighted by Crippen LogP contribution is -2.45. The number of fused-ring (bicyclic) bond motifs is 15. The van der Waals surface area contributed by atoms with Crippen LogP contribution < -0.4 is 0 Å². The largest absolute Gasteiger partial charge is 0.228 e. The third-order valence-corrected chi connectivity index (χ3v) is 17.2. The van der Waals surface area contributed by atoms with Crippen LogP contribution in [0.1, 0.15) is 44.5 Å². The van der Waals surface area contributed by atoms with Gasteiger partial charge in [-0.3, -0.25) is 0 Å². The molecule has 2 spiro atoms. The van der Waals surface area contributed by atoms with Gasteiger partial charge in [0, 0.05) is 26.5 Å². The normalized spacial score (nSPS) is 13.8. The molecule has 0 fully saturated rings. The summed E-state index contributed by atoms with van der Waals surface area (Å²) in [6.07, 6.45) is 0. The highest BCUT2D eigenvalue weighted by atomic mass is 32.2. The summed E-state index contributed by atoms with van der Waals surface area (Å²) in [6.45, 7) is 0. The zero-order chi connectivity index (χ0) is 49.5. The number of benzene rings is 11. The van der Waals surface area contributed by atoms with Crippen LogP contribution in [0.3, 0.4) is 0 Å². The molecule has 0 atom stereocenters. The van der Waals surface area contributed by atoms with E-state index >= 15 is 0 Å². The zero-order valence-electron chi connectivity index (χ0n) is 40.9. The Hall–Kier alpha value is -9.15. The average molecular weight is 971 g/mol. The maximum atomic E-state index is 5.31. The van der Waals surface area contributed by atoms with Crippen molar-refractivity contribution < 1.29 is 0 Å². The van der Waals surface area contributed by atoms with E-state index in [0.29, 0.717) is 5.82 Å². The summed E-state index contributed by atoms with van der Waals surface area (Å²) in [5, 5.41) is 0. The first-order chi connectivity index (χ1) is 37.2. The fourth-order valence-electron chi connectivity index (χ4n) is 12.9. The van der Waals surface area contributed by atoms with E-state index < -0.39 is 10.8 Å². The van der Waals surface area contributed by atoms with Gasteiger partial charge in [0.1, 0.15) is 0 Å². The predicted octanol–water partition coefficient (Wildman–Crippen LogP) is 18.0. The Morgan fingerprint density at radius 3 is 1.09 bits per heavy atom. The van der Waals surface area contributed by atoms with Crippen LogP contribution in [0.4, 0.5) is 0 Å². The van der Waals surface area contributed by atoms with Crippen molar-refractivity contribution in [3.8, 4) is 78.4 Å². The topological polar surface area (TPSA) is 25.8 Å². The van der Waals surface area contributed by atoms with Crippen LogP contribution in [0, 0.1) is 0 Å². The van der Waals surface area contributed by atoms with Gasteiger partial charge in [-0.1, -0.05) is 273 Å². The molecule has 1 aromatic heterocycles. The summed E-state index contributed by atoms with van der Waals surface area (Å²) in [5.74, 6) is 0.690. The lowest BCUT2D eigenvalue weighted by molar-refractivity contribution is 0.605. The number of rotatable bonds is 6. The van der Waals surface area contributed by atoms with Crippen molar-refractivity contribution >= 4 is 11.8 Å². The van der Waals surface area contributed by atoms with Gasteiger partial charge in [0.2, 0.25) is 0 Å². The summed E-state index contributed by atoms with van der Waals surface area (Å²) in [4.78, 5) is 13.2. The Labute approximate surface area is 441 Å². The summed E-state index contributed by atoms with van der Waals surface area (Å²) in [7, 11) is 0. The molecule has 0 unspecified atom stereocenters. The van der Waals surface area contributed by atoms with Crippen LogP contribution in [-0.4, -0.2) is 9.97 Å². The molecule has 350 valence electrons. The second-order valence-electron chi connectivity index (χ2n) is 19.9. The molecule has 2 nitrogen and oxygen atoms in total. The van der Waals surface area contributed by atoms with E-state index in [2.05, 4.69) is 279 Å². The first-order valence-electron chi connectivity index (χ1n) is 25.8. The number of aromatic nitrogens is 2. The van der Waals surface area contributed by atoms with E-state index in [4.69, 9.17) is 9.97 Å². The molecular weight excluding hydrogens is 925 g/mol. The minimum atomic E-state index is -0.568. The highest BCUT2D eigenvalue weighted by Crippen LogP contribution is 2.67. The molecule has 0 bridgehead atoms. The van der Waals surface area contributed by atoms with E-state index in [-0.39, 0.29) is 0 Å². The van der Waals surface area contributed by atoms with E-state index in [1.807, 2.05) is 11.8 Å². The first kappa shape index (κ1) is 43.4. The number of nitrogens with zero attached hydrogens (tertiary/aromatic N) is 2. The lowest BCUT2D eigenvalue weighted by Gasteiger charge is -2.51. The third-order valence-electron chi connectivity index (χ3n) is 16.1. The van der Waals surface area contributed by atoms with Gasteiger partial charge in [-0.15, -0.1) is 0 Å². The monoisotopic (exact) mass is 970 g/mol. The molecule has 0 saturated carbocycles. The second kappa shape index (κ2) is 17.2. The molecule has 3 heteroatoms. The molecule has 2 aliphatic carbocycles. The average Bonchev–Trinajstić information content (AvgIpc) is 4.08. The van der Waals surface area contributed by atoms with Crippen LogP contribution in [0.25, 0.3) is 78.4 Å². The van der Waals surface area contributed by atoms with Crippen molar-refractivity contribution in [1.29, 1.82) is 0 Å². The standard InChI is InChI=1S/C72H46N2S/c1-3-18-47(19-4-1)49-34-40-52(41-35-49)65-46-66(74-70(73-65)54-44-36-50(37-45-54)48-20-5-2-6-21-48)53-42-38-51(39-43-53)55-23-17-31-64-69(55)56-22-7-8-24-57(56)71(64)58-25-9-11-27-60(58)72(61-28-12-10-26-59(61)71)62-29-13-15-32-67(62)75-68-33-16-14-30-63(68)72/h1-46H. The van der Waals surface area contributed by atoms with Crippen LogP contribution in [-0.2, 0) is 10.8 Å². The van der Waals surface area contributed by atoms with Gasteiger partial charge in [0.15, 0.2) is 5.82 Å². The predicted molar refractivity (Wildman–Crippen MR) is 308 cm³/mol. The van der Waals surface area contributed by atoms with Crippen molar-refractivity contribution in [3.63, 3.8) is 0 Å². The molecule has 0 amide bonds. The van der Waals surface area contributed by atoms with Gasteiger partial charge in [0.25, 0.3) is 0 Å². The van der Waals surface area contributed by atoms with Gasteiger partial charge in [-0.05, 0) is 107 Å². The number of hydrogen-bond acceptors (Lipinski definition) is 3. The van der Waals surface area contributed by atoms with Gasteiger partial charge < -0.3 is 0 Å². The highest BCUT2D eigenvalue weighted by molar-refractivity contribution is 7.99. The minimum absolute atomic E-state index is 0.514. The van der Waals surface area contributed by atoms with Crippen molar-refractivity contribution in [2.75, 3.05) is 0 Å². The van der Waals surface area contributed by atoms with Crippen molar-refractivity contribution in [2.45, 2.75) is 20.6 Å². The molecule has 0 N–H and O–H groups in total. The van der Waals surface area contributed by atoms with Crippen molar-refractivity contribution in [3.05, 3.63) is 324 Å². The van der Waals surface area contributed by atoms with E-state index in [1.54, 1.807) is 0 Å². The molecule has 11 aromatic carbocycles. The van der Waals surface area contributed by atoms with Gasteiger partial charge >= 0.3 is 0 Å². The Morgan fingerprint density at radius 1 is 0.240 bits per heavy atom. The molecule has 3 aliphatic rings. The molecule has 0 saturated heterocycles. The maximum absolute atomic E-state index is 5.31. The molecular formula is C72H46N2S. The van der Waals surface area contributed by atoms with Crippen LogP contribution >= 0.6 is 11.8 Å². The van der Waals surface area contributed by atoms with Gasteiger partial charge in [0.05, 0.1) is 22.2 Å². The lowest BCUT2D eigenvalue weighted by atomic mass is 9.51. The molecule has 2 heterocycles. The Balaban J connectivity index is 0.877. The highest BCUT2D eigenvalue weighted by Gasteiger charge is 2.58. The fraction of sp³-hybridized carbons (Fsp3) is 0.0278. The van der Waals surface area contributed by atoms with Crippen LogP contribution in [0.5, 0.6) is 0 Å². The maximum Gasteiger partial charge on any atom is 0.160 e. The van der Waals surface area contributed by atoms with Crippen LogP contribution in [0.2, 0.25) is 0 Å². The Kier molecular flexibility index (Phi) is 9.98. The summed E-state index contributed by atoms with van der Waals surface area (Å²) in [5.41, 5.74) is 24.0. The quantitative estimate of drug-likeness (QED) is 0.166. The SMILES string of the molecule is c1ccc(-c2ccc(-c3cc(-c4ccc(-c5cccc6c5-c5ccccc5C65c6ccccc6C6(c7ccccc7Sc7ccccc76)c6ccccc65)cc4)nc(-c4ccc(-c5ccccc5)cc4)n3)cc2)cc1. The summed E-state index contributed by atoms with van der Waals surface area (Å²) >= 11 is 1.89. The number of hydrogen-bond donors (Lipinski definition) is 0. The van der Waals surface area contributed by atoms with E-state index in [1.165, 1.54) is 87.7 Å². The van der Waals surface area contributed by atoms with E-state index in [9.17, 15) is 0 Å².